The van der Waals surface area contributed by atoms with E-state index in [1.54, 1.807) is 13.0 Å². The first-order chi connectivity index (χ1) is 23.8. The Morgan fingerprint density at radius 3 is 2.54 bits per heavy atom. The van der Waals surface area contributed by atoms with Crippen molar-refractivity contribution in [3.8, 4) is 17.2 Å². The Balaban J connectivity index is 1.51. The van der Waals surface area contributed by atoms with E-state index in [1.807, 2.05) is 6.08 Å². The van der Waals surface area contributed by atoms with Crippen molar-refractivity contribution in [2.45, 2.75) is 62.4 Å². The van der Waals surface area contributed by atoms with Crippen molar-refractivity contribution in [1.82, 2.24) is 10.6 Å². The summed E-state index contributed by atoms with van der Waals surface area (Å²) >= 11 is 0. The van der Waals surface area contributed by atoms with E-state index in [0.717, 1.165) is 5.57 Å². The number of methoxy groups -OCH3 is 1. The minimum absolute atomic E-state index is 0.0155. The lowest BCUT2D eigenvalue weighted by molar-refractivity contribution is -0.314. The van der Waals surface area contributed by atoms with E-state index in [1.165, 1.54) is 32.4 Å². The second-order valence-corrected chi connectivity index (χ2v) is 12.4. The van der Waals surface area contributed by atoms with Gasteiger partial charge in [-0.1, -0.05) is 6.08 Å². The number of aromatic hydroxyl groups is 1. The molecule has 6 atom stereocenters. The SMILES string of the molecule is CN=C(N)N[C@@H](CCO)c1c(C)cc2c(c1O)C(=O)c1c(O[C@@H]3O[C@H](CO)[C@](O)(CCC4=CCNC(N)=C4)[C@H](O)[C@H]3O)cc(OC)cc1C2=O. The summed E-state index contributed by atoms with van der Waals surface area (Å²) in [6.07, 6.45) is -3.28. The number of allylic oxidation sites excluding steroid dienone is 2. The number of nitrogens with zero attached hydrogens (tertiary/aromatic N) is 1. The zero-order valence-electron chi connectivity index (χ0n) is 27.8. The van der Waals surface area contributed by atoms with Gasteiger partial charge in [-0.15, -0.1) is 0 Å². The van der Waals surface area contributed by atoms with Gasteiger partial charge in [0.25, 0.3) is 0 Å². The van der Waals surface area contributed by atoms with E-state index in [9.17, 15) is 40.2 Å². The molecule has 1 saturated heterocycles. The quantitative estimate of drug-likeness (QED) is 0.0859. The number of ketones is 2. The third kappa shape index (κ3) is 6.60. The molecule has 2 heterocycles. The van der Waals surface area contributed by atoms with Gasteiger partial charge in [0.2, 0.25) is 12.1 Å². The molecule has 3 aliphatic rings. The maximum Gasteiger partial charge on any atom is 0.229 e. The number of rotatable bonds is 11. The van der Waals surface area contributed by atoms with Crippen LogP contribution in [0.15, 0.2) is 46.7 Å². The average molecular weight is 698 g/mol. The first-order valence-corrected chi connectivity index (χ1v) is 16.0. The summed E-state index contributed by atoms with van der Waals surface area (Å²) in [5, 5.41) is 71.2. The van der Waals surface area contributed by atoms with Gasteiger partial charge in [-0.05, 0) is 55.5 Å². The van der Waals surface area contributed by atoms with Crippen molar-refractivity contribution in [3.63, 3.8) is 0 Å². The highest BCUT2D eigenvalue weighted by molar-refractivity contribution is 6.30. The van der Waals surface area contributed by atoms with Crippen molar-refractivity contribution in [1.29, 1.82) is 0 Å². The van der Waals surface area contributed by atoms with E-state index in [2.05, 4.69) is 15.6 Å². The number of aliphatic imine (C=N–C) groups is 1. The molecular formula is C34H43N5O11. The summed E-state index contributed by atoms with van der Waals surface area (Å²) in [6.45, 7) is 1.02. The Labute approximate surface area is 287 Å². The highest BCUT2D eigenvalue weighted by Crippen LogP contribution is 2.44. The molecule has 16 nitrogen and oxygen atoms in total. The molecular weight excluding hydrogens is 654 g/mol. The van der Waals surface area contributed by atoms with Gasteiger partial charge < -0.3 is 67.0 Å². The van der Waals surface area contributed by atoms with Crippen LogP contribution in [0, 0.1) is 6.92 Å². The summed E-state index contributed by atoms with van der Waals surface area (Å²) in [6, 6.07) is 3.28. The fraction of sp³-hybridized carbons (Fsp3) is 0.441. The van der Waals surface area contributed by atoms with Gasteiger partial charge in [-0.3, -0.25) is 14.6 Å². The molecule has 2 aliphatic heterocycles. The molecule has 1 fully saturated rings. The highest BCUT2D eigenvalue weighted by atomic mass is 16.7. The number of aryl methyl sites for hydroxylation is 1. The first-order valence-electron chi connectivity index (χ1n) is 16.0. The predicted octanol–water partition coefficient (Wildman–Crippen LogP) is -0.899. The van der Waals surface area contributed by atoms with Crippen LogP contribution in [0.4, 0.5) is 0 Å². The van der Waals surface area contributed by atoms with Crippen LogP contribution in [0.25, 0.3) is 0 Å². The second-order valence-electron chi connectivity index (χ2n) is 12.4. The number of hydrogen-bond acceptors (Lipinski definition) is 14. The van der Waals surface area contributed by atoms with Crippen LogP contribution in [0.2, 0.25) is 0 Å². The molecule has 0 saturated carbocycles. The zero-order valence-corrected chi connectivity index (χ0v) is 27.8. The van der Waals surface area contributed by atoms with E-state index in [-0.39, 0.29) is 71.1 Å². The zero-order chi connectivity index (χ0) is 36.5. The van der Waals surface area contributed by atoms with Crippen molar-refractivity contribution < 1.29 is 54.4 Å². The van der Waals surface area contributed by atoms with Crippen molar-refractivity contribution in [2.75, 3.05) is 33.9 Å². The van der Waals surface area contributed by atoms with E-state index in [4.69, 9.17) is 25.7 Å². The summed E-state index contributed by atoms with van der Waals surface area (Å²) < 4.78 is 17.2. The number of ether oxygens (including phenoxy) is 3. The molecule has 12 N–H and O–H groups in total. The summed E-state index contributed by atoms with van der Waals surface area (Å²) in [5.74, 6) is -1.72. The molecule has 2 aromatic carbocycles. The number of aliphatic hydroxyl groups is 5. The Morgan fingerprint density at radius 1 is 1.18 bits per heavy atom. The summed E-state index contributed by atoms with van der Waals surface area (Å²) in [7, 11) is 2.78. The van der Waals surface area contributed by atoms with Gasteiger partial charge in [0, 0.05) is 43.0 Å². The van der Waals surface area contributed by atoms with Gasteiger partial charge in [0.15, 0.2) is 11.7 Å². The molecule has 2 aromatic rings. The number of dihydropyridines is 1. The number of phenolic OH excluding ortho intramolecular Hbond substituents is 1. The normalized spacial score (nSPS) is 25.5. The van der Waals surface area contributed by atoms with Crippen LogP contribution in [-0.2, 0) is 4.74 Å². The average Bonchev–Trinajstić information content (AvgIpc) is 3.09. The number of aliphatic hydroxyl groups excluding tert-OH is 4. The molecule has 5 rings (SSSR count). The number of nitrogens with one attached hydrogen (secondary N) is 2. The molecule has 50 heavy (non-hydrogen) atoms. The number of carbonyl (C=O) groups excluding carboxylic acids is 2. The minimum atomic E-state index is -2.12. The van der Waals surface area contributed by atoms with Crippen molar-refractivity contribution >= 4 is 17.5 Å². The Kier molecular flexibility index (Phi) is 10.7. The standard InChI is InChI=1S/C34H43N5O11/c1-15-10-18-26(28(43)24(15)20(6-9-40)39-33(36)37-2)29(44)25-19(27(18)42)12-17(48-3)13-21(25)49-32-30(45)31(46)34(47,22(14-41)50-32)7-4-16-5-8-38-23(35)11-16/h5,10-13,20,22,30-32,38,40-41,43,45-47H,4,6-9,14,35H2,1-3H3,(H3,36,37,39)/t20-,22+,30+,31+,32+,34+/m0/s1. The number of carbonyl (C=O) groups is 2. The molecule has 0 spiro atoms. The van der Waals surface area contributed by atoms with E-state index in [0.29, 0.717) is 17.9 Å². The van der Waals surface area contributed by atoms with Gasteiger partial charge in [0.05, 0.1) is 36.7 Å². The number of guanidine groups is 1. The van der Waals surface area contributed by atoms with Crippen molar-refractivity contribution in [3.05, 3.63) is 75.1 Å². The minimum Gasteiger partial charge on any atom is -0.507 e. The Bertz CT molecular complexity index is 1760. The largest absolute Gasteiger partial charge is 0.507 e. The third-order valence-electron chi connectivity index (χ3n) is 9.34. The number of fused-ring (bicyclic) bond motifs is 2. The van der Waals surface area contributed by atoms with Crippen molar-refractivity contribution in [2.24, 2.45) is 16.5 Å². The Hall–Kier alpha value is -4.71. The van der Waals surface area contributed by atoms with Crippen LogP contribution >= 0.6 is 0 Å². The molecule has 0 aromatic heterocycles. The monoisotopic (exact) mass is 697 g/mol. The summed E-state index contributed by atoms with van der Waals surface area (Å²) in [5.41, 5.74) is 10.2. The maximum atomic E-state index is 14.3. The predicted molar refractivity (Wildman–Crippen MR) is 179 cm³/mol. The molecule has 1 aliphatic carbocycles. The number of benzene rings is 2. The molecule has 0 amide bonds. The number of hydrogen-bond donors (Lipinski definition) is 10. The van der Waals surface area contributed by atoms with Crippen LogP contribution in [-0.4, -0.2) is 112 Å². The molecule has 16 heteroatoms. The van der Waals surface area contributed by atoms with Gasteiger partial charge in [-0.2, -0.15) is 0 Å². The second kappa shape index (κ2) is 14.6. The number of nitrogens with two attached hydrogens (primary N) is 2. The molecule has 0 radical (unpaired) electrons. The highest BCUT2D eigenvalue weighted by Gasteiger charge is 2.55. The van der Waals surface area contributed by atoms with Gasteiger partial charge in [0.1, 0.15) is 41.2 Å². The first kappa shape index (κ1) is 36.6. The maximum absolute atomic E-state index is 14.3. The third-order valence-corrected chi connectivity index (χ3v) is 9.34. The smallest absolute Gasteiger partial charge is 0.229 e. The number of phenols is 1. The molecule has 0 bridgehead atoms. The Morgan fingerprint density at radius 2 is 1.90 bits per heavy atom. The van der Waals surface area contributed by atoms with E-state index >= 15 is 0 Å². The molecule has 0 unspecified atom stereocenters. The van der Waals surface area contributed by atoms with Gasteiger partial charge in [-0.25, -0.2) is 0 Å². The topological polar surface area (TPSA) is 272 Å². The van der Waals surface area contributed by atoms with E-state index < -0.39 is 60.2 Å². The fourth-order valence-corrected chi connectivity index (χ4v) is 6.67. The lowest BCUT2D eigenvalue weighted by Crippen LogP contribution is -2.67. The molecule has 270 valence electrons. The fourth-order valence-electron chi connectivity index (χ4n) is 6.67. The lowest BCUT2D eigenvalue weighted by Gasteiger charge is -2.48. The van der Waals surface area contributed by atoms with Crippen LogP contribution < -0.4 is 31.6 Å². The lowest BCUT2D eigenvalue weighted by atomic mass is 9.79. The van der Waals surface area contributed by atoms with Gasteiger partial charge >= 0.3 is 0 Å². The van der Waals surface area contributed by atoms with Crippen LogP contribution in [0.1, 0.15) is 68.3 Å². The van der Waals surface area contributed by atoms with Crippen LogP contribution in [0.5, 0.6) is 17.2 Å². The summed E-state index contributed by atoms with van der Waals surface area (Å²) in [4.78, 5) is 32.1. The van der Waals surface area contributed by atoms with Crippen LogP contribution in [0.3, 0.4) is 0 Å².